The summed E-state index contributed by atoms with van der Waals surface area (Å²) in [5, 5.41) is 6.72. The molecule has 3 rings (SSSR count). The summed E-state index contributed by atoms with van der Waals surface area (Å²) in [5.41, 5.74) is 7.16. The van der Waals surface area contributed by atoms with Gasteiger partial charge >= 0.3 is 6.03 Å². The summed E-state index contributed by atoms with van der Waals surface area (Å²) < 4.78 is 0. The molecule has 7 heteroatoms. The van der Waals surface area contributed by atoms with Gasteiger partial charge in [-0.05, 0) is 43.6 Å². The van der Waals surface area contributed by atoms with Crippen LogP contribution in [0.2, 0.25) is 5.02 Å². The summed E-state index contributed by atoms with van der Waals surface area (Å²) in [5.74, 6) is 0. The number of rotatable bonds is 5. The number of halogens is 1. The van der Waals surface area contributed by atoms with Crippen molar-refractivity contribution in [2.75, 3.05) is 32.7 Å². The number of nitrogens with zero attached hydrogens (tertiary/aromatic N) is 1. The van der Waals surface area contributed by atoms with Crippen molar-refractivity contribution in [3.05, 3.63) is 34.9 Å². The van der Waals surface area contributed by atoms with Gasteiger partial charge in [0.05, 0.1) is 12.1 Å². The SMILES string of the molecule is O=C(NCC(c1cccc(Cl)c1)N1CCCC1)NC1CNNC1. The Labute approximate surface area is 141 Å². The van der Waals surface area contributed by atoms with Crippen LogP contribution in [0.3, 0.4) is 0 Å². The van der Waals surface area contributed by atoms with E-state index in [1.54, 1.807) is 0 Å². The molecular weight excluding hydrogens is 314 g/mol. The van der Waals surface area contributed by atoms with Gasteiger partial charge in [-0.2, -0.15) is 0 Å². The molecule has 2 aliphatic heterocycles. The molecule has 1 aromatic rings. The van der Waals surface area contributed by atoms with Crippen LogP contribution < -0.4 is 21.5 Å². The van der Waals surface area contributed by atoms with Crippen LogP contribution >= 0.6 is 11.6 Å². The maximum Gasteiger partial charge on any atom is 0.315 e. The Morgan fingerprint density at radius 1 is 1.30 bits per heavy atom. The molecule has 2 saturated heterocycles. The third-order valence-electron chi connectivity index (χ3n) is 4.43. The molecule has 0 radical (unpaired) electrons. The molecule has 0 aliphatic carbocycles. The quantitative estimate of drug-likeness (QED) is 0.653. The number of hydrazine groups is 1. The fourth-order valence-electron chi connectivity index (χ4n) is 3.22. The molecule has 23 heavy (non-hydrogen) atoms. The Kier molecular flexibility index (Phi) is 5.72. The van der Waals surface area contributed by atoms with Crippen molar-refractivity contribution in [3.63, 3.8) is 0 Å². The molecule has 6 nitrogen and oxygen atoms in total. The lowest BCUT2D eigenvalue weighted by Crippen LogP contribution is -2.47. The Balaban J connectivity index is 1.60. The molecule has 2 heterocycles. The molecule has 1 atom stereocenters. The van der Waals surface area contributed by atoms with Crippen LogP contribution in [0.1, 0.15) is 24.4 Å². The monoisotopic (exact) mass is 337 g/mol. The summed E-state index contributed by atoms with van der Waals surface area (Å²) in [7, 11) is 0. The fourth-order valence-corrected chi connectivity index (χ4v) is 3.41. The lowest BCUT2D eigenvalue weighted by atomic mass is 10.1. The molecule has 2 aliphatic rings. The van der Waals surface area contributed by atoms with Crippen molar-refractivity contribution in [3.8, 4) is 0 Å². The average molecular weight is 338 g/mol. The third kappa shape index (κ3) is 4.57. The molecule has 0 aromatic heterocycles. The molecule has 0 spiro atoms. The Morgan fingerprint density at radius 3 is 2.74 bits per heavy atom. The second kappa shape index (κ2) is 7.97. The zero-order chi connectivity index (χ0) is 16.1. The highest BCUT2D eigenvalue weighted by molar-refractivity contribution is 6.30. The molecule has 1 aromatic carbocycles. The van der Waals surface area contributed by atoms with Crippen LogP contribution in [0.4, 0.5) is 4.79 Å². The first-order chi connectivity index (χ1) is 11.2. The minimum Gasteiger partial charge on any atom is -0.336 e. The van der Waals surface area contributed by atoms with Gasteiger partial charge in [0, 0.05) is 24.7 Å². The second-order valence-corrected chi connectivity index (χ2v) is 6.56. The van der Waals surface area contributed by atoms with Gasteiger partial charge in [0.15, 0.2) is 0 Å². The summed E-state index contributed by atoms with van der Waals surface area (Å²) in [6, 6.07) is 8.11. The molecule has 1 unspecified atom stereocenters. The minimum atomic E-state index is -0.119. The van der Waals surface area contributed by atoms with E-state index in [0.717, 1.165) is 36.8 Å². The fraction of sp³-hybridized carbons (Fsp3) is 0.562. The van der Waals surface area contributed by atoms with Crippen molar-refractivity contribution in [1.82, 2.24) is 26.4 Å². The first-order valence-corrected chi connectivity index (χ1v) is 8.60. The lowest BCUT2D eigenvalue weighted by molar-refractivity contribution is 0.219. The van der Waals surface area contributed by atoms with Crippen LogP contribution in [-0.2, 0) is 0 Å². The van der Waals surface area contributed by atoms with Crippen LogP contribution in [0.25, 0.3) is 0 Å². The van der Waals surface area contributed by atoms with E-state index in [1.807, 2.05) is 18.2 Å². The second-order valence-electron chi connectivity index (χ2n) is 6.13. The maximum atomic E-state index is 12.1. The van der Waals surface area contributed by atoms with Crippen LogP contribution in [0.15, 0.2) is 24.3 Å². The normalized spacial score (nSPS) is 20.6. The number of amides is 2. The zero-order valence-corrected chi connectivity index (χ0v) is 13.9. The van der Waals surface area contributed by atoms with Gasteiger partial charge in [-0.3, -0.25) is 15.8 Å². The number of urea groups is 1. The van der Waals surface area contributed by atoms with Gasteiger partial charge in [0.2, 0.25) is 0 Å². The predicted octanol–water partition coefficient (Wildman–Crippen LogP) is 1.25. The van der Waals surface area contributed by atoms with E-state index in [9.17, 15) is 4.79 Å². The Bertz CT molecular complexity index is 529. The third-order valence-corrected chi connectivity index (χ3v) is 4.66. The van der Waals surface area contributed by atoms with Gasteiger partial charge in [-0.25, -0.2) is 4.79 Å². The van der Waals surface area contributed by atoms with E-state index in [0.29, 0.717) is 6.54 Å². The Hall–Kier alpha value is -1.34. The highest BCUT2D eigenvalue weighted by Gasteiger charge is 2.24. The van der Waals surface area contributed by atoms with Gasteiger partial charge in [-0.15, -0.1) is 0 Å². The number of likely N-dealkylation sites (tertiary alicyclic amines) is 1. The van der Waals surface area contributed by atoms with Crippen molar-refractivity contribution >= 4 is 17.6 Å². The molecular formula is C16H24ClN5O. The summed E-state index contributed by atoms with van der Waals surface area (Å²) in [4.78, 5) is 14.5. The van der Waals surface area contributed by atoms with Gasteiger partial charge in [0.1, 0.15) is 0 Å². The van der Waals surface area contributed by atoms with Gasteiger partial charge in [0.25, 0.3) is 0 Å². The average Bonchev–Trinajstić information content (AvgIpc) is 3.21. The predicted molar refractivity (Wildman–Crippen MR) is 91.3 cm³/mol. The topological polar surface area (TPSA) is 68.4 Å². The highest BCUT2D eigenvalue weighted by atomic mass is 35.5. The van der Waals surface area contributed by atoms with E-state index in [-0.39, 0.29) is 18.1 Å². The number of hydrogen-bond donors (Lipinski definition) is 4. The van der Waals surface area contributed by atoms with E-state index in [1.165, 1.54) is 12.8 Å². The number of carbonyl (C=O) groups excluding carboxylic acids is 1. The van der Waals surface area contributed by atoms with E-state index in [4.69, 9.17) is 11.6 Å². The molecule has 0 bridgehead atoms. The first-order valence-electron chi connectivity index (χ1n) is 8.22. The smallest absolute Gasteiger partial charge is 0.315 e. The molecule has 0 saturated carbocycles. The van der Waals surface area contributed by atoms with Crippen LogP contribution in [0, 0.1) is 0 Å². The number of benzene rings is 1. The largest absolute Gasteiger partial charge is 0.336 e. The summed E-state index contributed by atoms with van der Waals surface area (Å²) in [6.45, 7) is 4.21. The zero-order valence-electron chi connectivity index (χ0n) is 13.1. The summed E-state index contributed by atoms with van der Waals surface area (Å²) >= 11 is 6.14. The van der Waals surface area contributed by atoms with Gasteiger partial charge < -0.3 is 10.6 Å². The number of nitrogens with one attached hydrogen (secondary N) is 4. The standard InChI is InChI=1S/C16H24ClN5O/c17-13-5-3-4-12(8-13)15(22-6-1-2-7-22)11-18-16(23)21-14-9-19-20-10-14/h3-5,8,14-15,19-20H,1-2,6-7,9-11H2,(H2,18,21,23). The van der Waals surface area contributed by atoms with Crippen LogP contribution in [-0.4, -0.2) is 49.7 Å². The van der Waals surface area contributed by atoms with Crippen molar-refractivity contribution in [2.45, 2.75) is 24.9 Å². The van der Waals surface area contributed by atoms with Crippen molar-refractivity contribution < 1.29 is 4.79 Å². The maximum absolute atomic E-state index is 12.1. The van der Waals surface area contributed by atoms with E-state index in [2.05, 4.69) is 32.5 Å². The lowest BCUT2D eigenvalue weighted by Gasteiger charge is -2.28. The van der Waals surface area contributed by atoms with Crippen molar-refractivity contribution in [1.29, 1.82) is 0 Å². The van der Waals surface area contributed by atoms with E-state index >= 15 is 0 Å². The number of carbonyl (C=O) groups is 1. The molecule has 126 valence electrons. The Morgan fingerprint density at radius 2 is 2.04 bits per heavy atom. The number of hydrogen-bond acceptors (Lipinski definition) is 4. The van der Waals surface area contributed by atoms with Crippen LogP contribution in [0.5, 0.6) is 0 Å². The van der Waals surface area contributed by atoms with Crippen molar-refractivity contribution in [2.24, 2.45) is 0 Å². The molecule has 4 N–H and O–H groups in total. The summed E-state index contributed by atoms with van der Waals surface area (Å²) in [6.07, 6.45) is 2.42. The highest BCUT2D eigenvalue weighted by Crippen LogP contribution is 2.26. The molecule has 2 amide bonds. The molecule has 2 fully saturated rings. The van der Waals surface area contributed by atoms with E-state index < -0.39 is 0 Å². The minimum absolute atomic E-state index is 0.119. The van der Waals surface area contributed by atoms with Gasteiger partial charge in [-0.1, -0.05) is 23.7 Å². The first kappa shape index (κ1) is 16.5.